The molecule has 0 atom stereocenters. The van der Waals surface area contributed by atoms with Crippen LogP contribution in [0.1, 0.15) is 39.5 Å². The van der Waals surface area contributed by atoms with E-state index in [1.54, 1.807) is 0 Å². The highest BCUT2D eigenvalue weighted by atomic mass is 19.1. The lowest BCUT2D eigenvalue weighted by Gasteiger charge is -2.09. The molecule has 96 valence electrons. The third-order valence-corrected chi connectivity index (χ3v) is 2.68. The number of aromatic nitrogens is 2. The van der Waals surface area contributed by atoms with E-state index in [4.69, 9.17) is 0 Å². The van der Waals surface area contributed by atoms with Gasteiger partial charge in [-0.3, -0.25) is 13.9 Å². The fourth-order valence-corrected chi connectivity index (χ4v) is 1.62. The van der Waals surface area contributed by atoms with E-state index in [2.05, 4.69) is 0 Å². The monoisotopic (exact) mass is 242 g/mol. The van der Waals surface area contributed by atoms with Crippen molar-refractivity contribution in [3.8, 4) is 0 Å². The lowest BCUT2D eigenvalue weighted by atomic mass is 10.3. The number of nitrogens with zero attached hydrogens (tertiary/aromatic N) is 2. The van der Waals surface area contributed by atoms with Gasteiger partial charge in [0.1, 0.15) is 0 Å². The van der Waals surface area contributed by atoms with E-state index in [9.17, 15) is 14.0 Å². The Bertz CT molecular complexity index is 476. The number of halogens is 1. The lowest BCUT2D eigenvalue weighted by Crippen LogP contribution is -2.41. The molecule has 0 radical (unpaired) electrons. The van der Waals surface area contributed by atoms with Crippen LogP contribution in [0.15, 0.2) is 15.8 Å². The van der Waals surface area contributed by atoms with Crippen molar-refractivity contribution in [3.05, 3.63) is 32.9 Å². The number of rotatable bonds is 6. The molecule has 0 aromatic carbocycles. The molecule has 0 aliphatic heterocycles. The van der Waals surface area contributed by atoms with Crippen LogP contribution in [0.25, 0.3) is 0 Å². The quantitative estimate of drug-likeness (QED) is 0.762. The van der Waals surface area contributed by atoms with Crippen LogP contribution in [0, 0.1) is 5.82 Å². The molecular formula is C12H19FN2O2. The molecule has 0 bridgehead atoms. The molecule has 1 heterocycles. The first-order valence-electron chi connectivity index (χ1n) is 6.11. The highest BCUT2D eigenvalue weighted by Crippen LogP contribution is 1.94. The summed E-state index contributed by atoms with van der Waals surface area (Å²) in [5, 5.41) is 0. The average Bonchev–Trinajstić information content (AvgIpc) is 2.32. The van der Waals surface area contributed by atoms with Gasteiger partial charge in [0, 0.05) is 13.1 Å². The van der Waals surface area contributed by atoms with Gasteiger partial charge >= 0.3 is 5.69 Å². The molecule has 5 heteroatoms. The van der Waals surface area contributed by atoms with Gasteiger partial charge in [-0.15, -0.1) is 0 Å². The van der Waals surface area contributed by atoms with Crippen LogP contribution < -0.4 is 11.2 Å². The van der Waals surface area contributed by atoms with E-state index in [0.29, 0.717) is 13.0 Å². The Labute approximate surface area is 99.7 Å². The number of hydrogen-bond donors (Lipinski definition) is 0. The van der Waals surface area contributed by atoms with Crippen molar-refractivity contribution in [2.45, 2.75) is 52.6 Å². The molecule has 1 aromatic heterocycles. The van der Waals surface area contributed by atoms with E-state index in [1.165, 1.54) is 4.57 Å². The van der Waals surface area contributed by atoms with Gasteiger partial charge in [0.25, 0.3) is 5.56 Å². The molecule has 0 aliphatic carbocycles. The van der Waals surface area contributed by atoms with Gasteiger partial charge in [-0.25, -0.2) is 4.79 Å². The van der Waals surface area contributed by atoms with Crippen LogP contribution in [0.3, 0.4) is 0 Å². The van der Waals surface area contributed by atoms with Gasteiger partial charge in [-0.1, -0.05) is 26.7 Å². The van der Waals surface area contributed by atoms with E-state index in [0.717, 1.165) is 30.0 Å². The fraction of sp³-hybridized carbons (Fsp3) is 0.667. The standard InChI is InChI=1S/C12H19FN2O2/c1-3-5-7-14-9-10(13)11(16)15(12(14)17)8-6-4-2/h9H,3-8H2,1-2H3. The molecule has 17 heavy (non-hydrogen) atoms. The van der Waals surface area contributed by atoms with Crippen molar-refractivity contribution in [1.29, 1.82) is 0 Å². The summed E-state index contributed by atoms with van der Waals surface area (Å²) in [6.07, 6.45) is 4.29. The molecular weight excluding hydrogens is 223 g/mol. The summed E-state index contributed by atoms with van der Waals surface area (Å²) in [5.41, 5.74) is -1.21. The highest BCUT2D eigenvalue weighted by Gasteiger charge is 2.10. The lowest BCUT2D eigenvalue weighted by molar-refractivity contribution is 0.470. The summed E-state index contributed by atoms with van der Waals surface area (Å²) in [6, 6.07) is 0. The molecule has 0 spiro atoms. The zero-order chi connectivity index (χ0) is 12.8. The van der Waals surface area contributed by atoms with Gasteiger partial charge in [0.05, 0.1) is 6.20 Å². The summed E-state index contributed by atoms with van der Waals surface area (Å²) >= 11 is 0. The second-order valence-corrected chi connectivity index (χ2v) is 4.12. The summed E-state index contributed by atoms with van der Waals surface area (Å²) < 4.78 is 15.7. The van der Waals surface area contributed by atoms with Gasteiger partial charge in [0.2, 0.25) is 5.82 Å². The van der Waals surface area contributed by atoms with Crippen molar-refractivity contribution in [2.24, 2.45) is 0 Å². The number of unbranched alkanes of at least 4 members (excludes halogenated alkanes) is 2. The maximum absolute atomic E-state index is 13.4. The first kappa shape index (κ1) is 13.7. The minimum atomic E-state index is -0.850. The Morgan fingerprint density at radius 2 is 1.71 bits per heavy atom. The van der Waals surface area contributed by atoms with E-state index in [1.807, 2.05) is 13.8 Å². The fourth-order valence-electron chi connectivity index (χ4n) is 1.62. The Hall–Kier alpha value is -1.39. The Morgan fingerprint density at radius 1 is 1.12 bits per heavy atom. The third kappa shape index (κ3) is 3.28. The van der Waals surface area contributed by atoms with Crippen LogP contribution in [-0.2, 0) is 13.1 Å². The van der Waals surface area contributed by atoms with Gasteiger partial charge in [-0.05, 0) is 12.8 Å². The second-order valence-electron chi connectivity index (χ2n) is 4.12. The van der Waals surface area contributed by atoms with Crippen LogP contribution in [-0.4, -0.2) is 9.13 Å². The predicted octanol–water partition coefficient (Wildman–Crippen LogP) is 1.75. The summed E-state index contributed by atoms with van der Waals surface area (Å²) in [5.74, 6) is -0.850. The highest BCUT2D eigenvalue weighted by molar-refractivity contribution is 4.90. The first-order valence-corrected chi connectivity index (χ1v) is 6.11. The van der Waals surface area contributed by atoms with Crippen LogP contribution in [0.2, 0.25) is 0 Å². The smallest absolute Gasteiger partial charge is 0.297 e. The predicted molar refractivity (Wildman–Crippen MR) is 64.7 cm³/mol. The summed E-state index contributed by atoms with van der Waals surface area (Å²) in [6.45, 7) is 4.70. The SMILES string of the molecule is CCCCn1cc(F)c(=O)n(CCCC)c1=O. The molecule has 0 amide bonds. The zero-order valence-electron chi connectivity index (χ0n) is 10.4. The van der Waals surface area contributed by atoms with Crippen molar-refractivity contribution in [3.63, 3.8) is 0 Å². The molecule has 0 N–H and O–H groups in total. The van der Waals surface area contributed by atoms with E-state index >= 15 is 0 Å². The summed E-state index contributed by atoms with van der Waals surface area (Å²) in [4.78, 5) is 23.4. The van der Waals surface area contributed by atoms with Crippen molar-refractivity contribution in [2.75, 3.05) is 0 Å². The first-order chi connectivity index (χ1) is 8.11. The van der Waals surface area contributed by atoms with Crippen molar-refractivity contribution < 1.29 is 4.39 Å². The minimum absolute atomic E-state index is 0.290. The normalized spacial score (nSPS) is 10.8. The topological polar surface area (TPSA) is 44.0 Å². The molecule has 4 nitrogen and oxygen atoms in total. The minimum Gasteiger partial charge on any atom is -0.297 e. The maximum Gasteiger partial charge on any atom is 0.331 e. The van der Waals surface area contributed by atoms with Crippen LogP contribution in [0.4, 0.5) is 4.39 Å². The molecule has 1 rings (SSSR count). The molecule has 0 saturated heterocycles. The summed E-state index contributed by atoms with van der Waals surface area (Å²) in [7, 11) is 0. The van der Waals surface area contributed by atoms with Crippen LogP contribution >= 0.6 is 0 Å². The zero-order valence-corrected chi connectivity index (χ0v) is 10.4. The van der Waals surface area contributed by atoms with Crippen molar-refractivity contribution in [1.82, 2.24) is 9.13 Å². The van der Waals surface area contributed by atoms with Crippen LogP contribution in [0.5, 0.6) is 0 Å². The number of hydrogen-bond acceptors (Lipinski definition) is 2. The molecule has 0 unspecified atom stereocenters. The molecule has 0 fully saturated rings. The Morgan fingerprint density at radius 3 is 2.29 bits per heavy atom. The Balaban J connectivity index is 3.13. The number of aryl methyl sites for hydroxylation is 1. The Kier molecular flexibility index (Phi) is 5.12. The van der Waals surface area contributed by atoms with E-state index in [-0.39, 0.29) is 6.54 Å². The van der Waals surface area contributed by atoms with Gasteiger partial charge < -0.3 is 0 Å². The molecule has 1 aromatic rings. The average molecular weight is 242 g/mol. The van der Waals surface area contributed by atoms with Gasteiger partial charge in [0.15, 0.2) is 0 Å². The third-order valence-electron chi connectivity index (χ3n) is 2.68. The van der Waals surface area contributed by atoms with Gasteiger partial charge in [-0.2, -0.15) is 4.39 Å². The molecule has 0 saturated carbocycles. The van der Waals surface area contributed by atoms with Crippen molar-refractivity contribution >= 4 is 0 Å². The molecule has 0 aliphatic rings. The van der Waals surface area contributed by atoms with E-state index < -0.39 is 17.1 Å². The largest absolute Gasteiger partial charge is 0.331 e. The second kappa shape index (κ2) is 6.37. The maximum atomic E-state index is 13.4.